The molecule has 1 aliphatic heterocycles. The Morgan fingerprint density at radius 2 is 1.79 bits per heavy atom. The lowest BCUT2D eigenvalue weighted by atomic mass is 10.0. The highest BCUT2D eigenvalue weighted by atomic mass is 35.5. The van der Waals surface area contributed by atoms with Gasteiger partial charge in [0.1, 0.15) is 0 Å². The first kappa shape index (κ1) is 18.5. The highest BCUT2D eigenvalue weighted by Crippen LogP contribution is 2.41. The van der Waals surface area contributed by atoms with Crippen LogP contribution in [-0.4, -0.2) is 20.5 Å². The van der Waals surface area contributed by atoms with Gasteiger partial charge in [-0.15, -0.1) is 5.10 Å². The van der Waals surface area contributed by atoms with Gasteiger partial charge in [0.15, 0.2) is 5.65 Å². The minimum Gasteiger partial charge on any atom is -0.324 e. The number of amides is 1. The zero-order chi connectivity index (χ0) is 20.4. The van der Waals surface area contributed by atoms with Crippen molar-refractivity contribution in [1.29, 1.82) is 0 Å². The summed E-state index contributed by atoms with van der Waals surface area (Å²) < 4.78 is 80.0. The molecule has 3 heterocycles. The fourth-order valence-corrected chi connectivity index (χ4v) is 3.30. The first-order chi connectivity index (χ1) is 12.9. The Balaban J connectivity index is 2.04. The van der Waals surface area contributed by atoms with Crippen molar-refractivity contribution < 1.29 is 31.1 Å². The molecule has 0 bridgehead atoms. The number of nitrogens with zero attached hydrogens (tertiary/aromatic N) is 3. The molecule has 0 spiro atoms. The Hall–Kier alpha value is -2.82. The van der Waals surface area contributed by atoms with E-state index in [9.17, 15) is 31.1 Å². The van der Waals surface area contributed by atoms with Crippen molar-refractivity contribution in [1.82, 2.24) is 14.6 Å². The average Bonchev–Trinajstić information content (AvgIpc) is 3.15. The van der Waals surface area contributed by atoms with Crippen molar-refractivity contribution in [3.63, 3.8) is 0 Å². The van der Waals surface area contributed by atoms with Crippen molar-refractivity contribution in [2.45, 2.75) is 18.8 Å². The van der Waals surface area contributed by atoms with Crippen LogP contribution in [0.1, 0.15) is 17.0 Å². The number of nitrogens with one attached hydrogen (secondary N) is 1. The lowest BCUT2D eigenvalue weighted by Crippen LogP contribution is -2.12. The molecular formula is C16H7ClF6N4O. The Labute approximate surface area is 156 Å². The van der Waals surface area contributed by atoms with E-state index in [1.165, 1.54) is 6.07 Å². The maximum absolute atomic E-state index is 13.6. The standard InChI is InChI=1S/C16H7ClF6N4O/c17-9-4-7(3-6-5-11(28)25-12(6)9)13-8(15(18,19)20)1-2-10-24-14(16(21,22)23)26-27(10)13/h1-4H,5H2,(H,25,28). The normalized spacial score (nSPS) is 14.5. The van der Waals surface area contributed by atoms with E-state index in [2.05, 4.69) is 15.4 Å². The Bertz CT molecular complexity index is 1130. The zero-order valence-corrected chi connectivity index (χ0v) is 14.2. The van der Waals surface area contributed by atoms with E-state index in [-0.39, 0.29) is 22.7 Å². The summed E-state index contributed by atoms with van der Waals surface area (Å²) in [6.45, 7) is 0. The Morgan fingerprint density at radius 1 is 1.07 bits per heavy atom. The fraction of sp³-hybridized carbons (Fsp3) is 0.188. The van der Waals surface area contributed by atoms with E-state index in [0.717, 1.165) is 12.1 Å². The monoisotopic (exact) mass is 420 g/mol. The maximum Gasteiger partial charge on any atom is 0.453 e. The predicted octanol–water partition coefficient (Wildman–Crippen LogP) is 4.58. The summed E-state index contributed by atoms with van der Waals surface area (Å²) in [6.07, 6.45) is -9.94. The summed E-state index contributed by atoms with van der Waals surface area (Å²) >= 11 is 6.06. The molecule has 28 heavy (non-hydrogen) atoms. The number of hydrogen-bond donors (Lipinski definition) is 1. The van der Waals surface area contributed by atoms with Gasteiger partial charge in [-0.05, 0) is 29.8 Å². The fourth-order valence-electron chi connectivity index (χ4n) is 3.01. The Kier molecular flexibility index (Phi) is 3.86. The molecular weight excluding hydrogens is 414 g/mol. The number of fused-ring (bicyclic) bond motifs is 2. The molecule has 0 saturated carbocycles. The number of aromatic nitrogens is 3. The Morgan fingerprint density at radius 3 is 2.43 bits per heavy atom. The summed E-state index contributed by atoms with van der Waals surface area (Å²) in [6, 6.07) is 3.82. The highest BCUT2D eigenvalue weighted by molar-refractivity contribution is 6.34. The second-order valence-electron chi connectivity index (χ2n) is 6.01. The van der Waals surface area contributed by atoms with E-state index < -0.39 is 41.0 Å². The number of carbonyl (C=O) groups is 1. The van der Waals surface area contributed by atoms with Crippen LogP contribution >= 0.6 is 11.6 Å². The summed E-state index contributed by atoms with van der Waals surface area (Å²) in [5.41, 5.74) is -1.85. The number of halogens is 7. The van der Waals surface area contributed by atoms with Crippen LogP contribution in [0.2, 0.25) is 5.02 Å². The molecule has 12 heteroatoms. The molecule has 0 saturated heterocycles. The molecule has 0 radical (unpaired) electrons. The van der Waals surface area contributed by atoms with Crippen molar-refractivity contribution in [3.05, 3.63) is 46.2 Å². The number of pyridine rings is 1. The van der Waals surface area contributed by atoms with E-state index in [1.54, 1.807) is 0 Å². The van der Waals surface area contributed by atoms with Gasteiger partial charge in [-0.25, -0.2) is 9.50 Å². The zero-order valence-electron chi connectivity index (χ0n) is 13.4. The van der Waals surface area contributed by atoms with E-state index in [4.69, 9.17) is 11.6 Å². The summed E-state index contributed by atoms with van der Waals surface area (Å²) in [4.78, 5) is 14.8. The number of benzene rings is 1. The lowest BCUT2D eigenvalue weighted by molar-refractivity contribution is -0.144. The molecule has 1 aliphatic rings. The highest BCUT2D eigenvalue weighted by Gasteiger charge is 2.39. The molecule has 0 aliphatic carbocycles. The molecule has 146 valence electrons. The molecule has 1 aromatic carbocycles. The van der Waals surface area contributed by atoms with Crippen LogP contribution < -0.4 is 5.32 Å². The van der Waals surface area contributed by atoms with Gasteiger partial charge in [-0.2, -0.15) is 26.3 Å². The molecule has 0 unspecified atom stereocenters. The summed E-state index contributed by atoms with van der Waals surface area (Å²) in [7, 11) is 0. The second-order valence-corrected chi connectivity index (χ2v) is 6.42. The van der Waals surface area contributed by atoms with Gasteiger partial charge >= 0.3 is 12.4 Å². The van der Waals surface area contributed by atoms with Crippen LogP contribution in [0.4, 0.5) is 32.0 Å². The second kappa shape index (κ2) is 5.84. The van der Waals surface area contributed by atoms with Crippen LogP contribution in [0.25, 0.3) is 16.9 Å². The van der Waals surface area contributed by atoms with Crippen LogP contribution in [0.3, 0.4) is 0 Å². The van der Waals surface area contributed by atoms with Crippen molar-refractivity contribution in [2.24, 2.45) is 0 Å². The lowest BCUT2D eigenvalue weighted by Gasteiger charge is -2.15. The first-order valence-corrected chi connectivity index (χ1v) is 8.00. The molecule has 1 N–H and O–H groups in total. The third-order valence-electron chi connectivity index (χ3n) is 4.12. The minimum absolute atomic E-state index is 0.0420. The van der Waals surface area contributed by atoms with Crippen LogP contribution in [0.5, 0.6) is 0 Å². The molecule has 4 rings (SSSR count). The van der Waals surface area contributed by atoms with Gasteiger partial charge in [0.25, 0.3) is 5.82 Å². The van der Waals surface area contributed by atoms with Crippen LogP contribution in [0.15, 0.2) is 24.3 Å². The number of hydrogen-bond acceptors (Lipinski definition) is 3. The van der Waals surface area contributed by atoms with Crippen LogP contribution in [-0.2, 0) is 23.6 Å². The first-order valence-electron chi connectivity index (χ1n) is 7.62. The third kappa shape index (κ3) is 2.95. The minimum atomic E-state index is -4.94. The van der Waals surface area contributed by atoms with E-state index in [0.29, 0.717) is 16.1 Å². The summed E-state index contributed by atoms with van der Waals surface area (Å²) in [5.74, 6) is -1.97. The number of rotatable bonds is 1. The van der Waals surface area contributed by atoms with Gasteiger partial charge in [0.2, 0.25) is 5.91 Å². The average molecular weight is 421 g/mol. The van der Waals surface area contributed by atoms with E-state index in [1.807, 2.05) is 0 Å². The van der Waals surface area contributed by atoms with Gasteiger partial charge in [0, 0.05) is 5.56 Å². The van der Waals surface area contributed by atoms with Crippen molar-refractivity contribution >= 4 is 28.8 Å². The SMILES string of the molecule is O=C1Cc2cc(-c3c(C(F)(F)F)ccc4nc(C(F)(F)F)nn34)cc(Cl)c2N1. The van der Waals surface area contributed by atoms with Crippen molar-refractivity contribution in [3.8, 4) is 11.3 Å². The number of carbonyl (C=O) groups excluding carboxylic acids is 1. The quantitative estimate of drug-likeness (QED) is 0.586. The van der Waals surface area contributed by atoms with Crippen molar-refractivity contribution in [2.75, 3.05) is 5.32 Å². The third-order valence-corrected chi connectivity index (χ3v) is 4.42. The smallest absolute Gasteiger partial charge is 0.324 e. The summed E-state index contributed by atoms with van der Waals surface area (Å²) in [5, 5.41) is 5.66. The van der Waals surface area contributed by atoms with Gasteiger partial charge in [-0.3, -0.25) is 4.79 Å². The number of alkyl halides is 6. The molecule has 0 fully saturated rings. The molecule has 1 amide bonds. The molecule has 5 nitrogen and oxygen atoms in total. The molecule has 2 aromatic heterocycles. The van der Waals surface area contributed by atoms with Crippen LogP contribution in [0, 0.1) is 0 Å². The topological polar surface area (TPSA) is 59.3 Å². The molecule has 0 atom stereocenters. The van der Waals surface area contributed by atoms with Gasteiger partial charge < -0.3 is 5.32 Å². The number of anilines is 1. The van der Waals surface area contributed by atoms with Gasteiger partial charge in [-0.1, -0.05) is 11.6 Å². The predicted molar refractivity (Wildman–Crippen MR) is 85.8 cm³/mol. The maximum atomic E-state index is 13.6. The van der Waals surface area contributed by atoms with Gasteiger partial charge in [0.05, 0.1) is 28.4 Å². The largest absolute Gasteiger partial charge is 0.453 e. The van der Waals surface area contributed by atoms with E-state index >= 15 is 0 Å². The molecule has 3 aromatic rings.